The number of hydrogen-bond acceptors (Lipinski definition) is 6. The van der Waals surface area contributed by atoms with Gasteiger partial charge in [0, 0.05) is 43.3 Å². The third kappa shape index (κ3) is 4.17. The fraction of sp³-hybridized carbons (Fsp3) is 0.708. The Morgan fingerprint density at radius 3 is 2.52 bits per heavy atom. The first-order valence-electron chi connectivity index (χ1n) is 12.0. The maximum atomic E-state index is 13.7. The Hall–Kier alpha value is -1.68. The van der Waals surface area contributed by atoms with Gasteiger partial charge in [-0.3, -0.25) is 4.79 Å². The van der Waals surface area contributed by atoms with Crippen LogP contribution in [-0.2, 0) is 14.8 Å². The van der Waals surface area contributed by atoms with Gasteiger partial charge in [0.05, 0.1) is 12.4 Å². The lowest BCUT2D eigenvalue weighted by molar-refractivity contribution is -0.124. The number of hydrogen-bond donors (Lipinski definition) is 3. The fourth-order valence-electron chi connectivity index (χ4n) is 6.53. The number of anilines is 1. The molecule has 4 atom stereocenters. The SMILES string of the molecule is Cc1ccccc1N1CCN(S(=O)(=O)CC23CCC(CC2NC(=O)[C@@H](N)CO)C3(C)C)CC1. The Kier molecular flexibility index (Phi) is 6.54. The summed E-state index contributed by atoms with van der Waals surface area (Å²) in [6.07, 6.45) is 2.50. The van der Waals surface area contributed by atoms with Crippen molar-refractivity contribution in [3.05, 3.63) is 29.8 Å². The summed E-state index contributed by atoms with van der Waals surface area (Å²) < 4.78 is 29.0. The summed E-state index contributed by atoms with van der Waals surface area (Å²) in [6.45, 7) is 8.19. The minimum atomic E-state index is -3.52. The van der Waals surface area contributed by atoms with Gasteiger partial charge in [-0.2, -0.15) is 4.31 Å². The van der Waals surface area contributed by atoms with E-state index in [-0.39, 0.29) is 17.2 Å². The minimum absolute atomic E-state index is 0.0349. The van der Waals surface area contributed by atoms with E-state index in [0.717, 1.165) is 24.9 Å². The van der Waals surface area contributed by atoms with E-state index in [1.165, 1.54) is 5.56 Å². The second kappa shape index (κ2) is 8.83. The van der Waals surface area contributed by atoms with Crippen LogP contribution < -0.4 is 16.0 Å². The molecule has 33 heavy (non-hydrogen) atoms. The molecule has 9 heteroatoms. The Morgan fingerprint density at radius 2 is 1.91 bits per heavy atom. The van der Waals surface area contributed by atoms with Crippen LogP contribution in [0.1, 0.15) is 38.7 Å². The van der Waals surface area contributed by atoms with Crippen LogP contribution in [0.2, 0.25) is 0 Å². The predicted octanol–water partition coefficient (Wildman–Crippen LogP) is 1.08. The van der Waals surface area contributed by atoms with Crippen LogP contribution in [-0.4, -0.2) is 74.4 Å². The van der Waals surface area contributed by atoms with Crippen molar-refractivity contribution in [1.29, 1.82) is 0 Å². The van der Waals surface area contributed by atoms with Gasteiger partial charge < -0.3 is 21.1 Å². The molecule has 1 aromatic carbocycles. The number of nitrogens with zero attached hydrogens (tertiary/aromatic N) is 2. The van der Waals surface area contributed by atoms with Crippen molar-refractivity contribution in [1.82, 2.24) is 9.62 Å². The molecule has 8 nitrogen and oxygen atoms in total. The second-order valence-corrected chi connectivity index (χ2v) is 12.6. The number of nitrogens with two attached hydrogens (primary N) is 1. The van der Waals surface area contributed by atoms with Gasteiger partial charge in [-0.05, 0) is 49.1 Å². The highest BCUT2D eigenvalue weighted by Gasteiger charge is 2.65. The van der Waals surface area contributed by atoms with Gasteiger partial charge in [-0.15, -0.1) is 0 Å². The number of carbonyl (C=O) groups is 1. The van der Waals surface area contributed by atoms with Crippen LogP contribution in [0.4, 0.5) is 5.69 Å². The Bertz CT molecular complexity index is 990. The molecule has 1 saturated heterocycles. The highest BCUT2D eigenvalue weighted by Crippen LogP contribution is 2.66. The molecule has 4 N–H and O–H groups in total. The molecule has 184 valence electrons. The van der Waals surface area contributed by atoms with Gasteiger partial charge in [0.1, 0.15) is 6.04 Å². The monoisotopic (exact) mass is 478 g/mol. The molecule has 3 fully saturated rings. The topological polar surface area (TPSA) is 116 Å². The number of aliphatic hydroxyl groups is 1. The van der Waals surface area contributed by atoms with Gasteiger partial charge in [-0.1, -0.05) is 32.0 Å². The summed E-state index contributed by atoms with van der Waals surface area (Å²) in [4.78, 5) is 14.7. The third-order valence-electron chi connectivity index (χ3n) is 8.81. The quantitative estimate of drug-likeness (QED) is 0.540. The molecule has 0 aromatic heterocycles. The van der Waals surface area contributed by atoms with Crippen LogP contribution in [0.3, 0.4) is 0 Å². The maximum absolute atomic E-state index is 13.7. The van der Waals surface area contributed by atoms with Crippen molar-refractivity contribution in [3.63, 3.8) is 0 Å². The zero-order chi connectivity index (χ0) is 24.0. The molecule has 4 rings (SSSR count). The van der Waals surface area contributed by atoms with E-state index in [1.54, 1.807) is 4.31 Å². The van der Waals surface area contributed by atoms with E-state index in [9.17, 15) is 18.3 Å². The van der Waals surface area contributed by atoms with Crippen molar-refractivity contribution < 1.29 is 18.3 Å². The molecule has 3 unspecified atom stereocenters. The van der Waals surface area contributed by atoms with E-state index >= 15 is 0 Å². The minimum Gasteiger partial charge on any atom is -0.394 e. The summed E-state index contributed by atoms with van der Waals surface area (Å²) in [5.41, 5.74) is 7.34. The third-order valence-corrected chi connectivity index (χ3v) is 10.8. The number of piperazine rings is 1. The van der Waals surface area contributed by atoms with Crippen molar-refractivity contribution in [2.75, 3.05) is 43.4 Å². The average Bonchev–Trinajstić information content (AvgIpc) is 3.13. The van der Waals surface area contributed by atoms with Gasteiger partial charge >= 0.3 is 0 Å². The summed E-state index contributed by atoms with van der Waals surface area (Å²) in [5.74, 6) is -0.0107. The number of carbonyl (C=O) groups excluding carboxylic acids is 1. The largest absolute Gasteiger partial charge is 0.394 e. The first-order valence-corrected chi connectivity index (χ1v) is 13.6. The van der Waals surface area contributed by atoms with E-state index < -0.39 is 34.0 Å². The molecular formula is C24H38N4O4S. The standard InChI is InChI=1S/C24H38N4O4S/c1-17-6-4-5-7-20(17)27-10-12-28(13-11-27)33(31,32)16-24-9-8-18(23(24,2)3)14-21(24)26-22(30)19(25)15-29/h4-7,18-19,21,29H,8-16,25H2,1-3H3,(H,26,30)/t18?,19-,21?,24?/m0/s1. The molecule has 1 amide bonds. The van der Waals surface area contributed by atoms with Crippen LogP contribution in [0.15, 0.2) is 24.3 Å². The van der Waals surface area contributed by atoms with Crippen LogP contribution in [0.5, 0.6) is 0 Å². The highest BCUT2D eigenvalue weighted by atomic mass is 32.2. The smallest absolute Gasteiger partial charge is 0.239 e. The van der Waals surface area contributed by atoms with Gasteiger partial charge in [0.15, 0.2) is 0 Å². The van der Waals surface area contributed by atoms with E-state index in [4.69, 9.17) is 5.73 Å². The number of aliphatic hydroxyl groups excluding tert-OH is 1. The highest BCUT2D eigenvalue weighted by molar-refractivity contribution is 7.89. The summed E-state index contributed by atoms with van der Waals surface area (Å²) in [5, 5.41) is 12.3. The molecule has 1 heterocycles. The van der Waals surface area contributed by atoms with Gasteiger partial charge in [0.2, 0.25) is 15.9 Å². The number of para-hydroxylation sites is 1. The van der Waals surface area contributed by atoms with E-state index in [1.807, 2.05) is 12.1 Å². The number of sulfonamides is 1. The Balaban J connectivity index is 1.50. The average molecular weight is 479 g/mol. The van der Waals surface area contributed by atoms with Crippen molar-refractivity contribution in [2.24, 2.45) is 22.5 Å². The predicted molar refractivity (Wildman–Crippen MR) is 129 cm³/mol. The summed E-state index contributed by atoms with van der Waals surface area (Å²) in [6, 6.07) is 6.95. The molecule has 2 bridgehead atoms. The van der Waals surface area contributed by atoms with E-state index in [2.05, 4.69) is 43.1 Å². The van der Waals surface area contributed by atoms with E-state index in [0.29, 0.717) is 32.1 Å². The number of nitrogens with one attached hydrogen (secondary N) is 1. The zero-order valence-electron chi connectivity index (χ0n) is 20.0. The Morgan fingerprint density at radius 1 is 1.24 bits per heavy atom. The summed E-state index contributed by atoms with van der Waals surface area (Å²) >= 11 is 0. The lowest BCUT2D eigenvalue weighted by Crippen LogP contribution is -2.58. The molecule has 2 saturated carbocycles. The number of amides is 1. The van der Waals surface area contributed by atoms with Crippen LogP contribution in [0, 0.1) is 23.7 Å². The van der Waals surface area contributed by atoms with Crippen molar-refractivity contribution in [2.45, 2.75) is 52.1 Å². The van der Waals surface area contributed by atoms with Crippen LogP contribution in [0.25, 0.3) is 0 Å². The number of fused-ring (bicyclic) bond motifs is 2. The normalized spacial score (nSPS) is 30.4. The summed E-state index contributed by atoms with van der Waals surface area (Å²) in [7, 11) is -3.52. The molecule has 1 aliphatic heterocycles. The van der Waals surface area contributed by atoms with Gasteiger partial charge in [0.25, 0.3) is 0 Å². The lowest BCUT2D eigenvalue weighted by Gasteiger charge is -2.44. The first-order chi connectivity index (χ1) is 15.5. The molecule has 2 aliphatic carbocycles. The second-order valence-electron chi connectivity index (χ2n) is 10.6. The lowest BCUT2D eigenvalue weighted by atomic mass is 9.69. The van der Waals surface area contributed by atoms with Crippen molar-refractivity contribution >= 4 is 21.6 Å². The zero-order valence-corrected chi connectivity index (χ0v) is 20.8. The molecule has 1 aromatic rings. The maximum Gasteiger partial charge on any atom is 0.239 e. The molecule has 3 aliphatic rings. The molecule has 0 radical (unpaired) electrons. The van der Waals surface area contributed by atoms with Crippen LogP contribution >= 0.6 is 0 Å². The van der Waals surface area contributed by atoms with Crippen molar-refractivity contribution in [3.8, 4) is 0 Å². The first kappa shape index (κ1) is 24.4. The fourth-order valence-corrected chi connectivity index (χ4v) is 8.80. The Labute approximate surface area is 197 Å². The number of rotatable bonds is 7. The molecular weight excluding hydrogens is 440 g/mol. The molecule has 0 spiro atoms. The number of benzene rings is 1. The van der Waals surface area contributed by atoms with Gasteiger partial charge in [-0.25, -0.2) is 8.42 Å². The number of aryl methyl sites for hydroxylation is 1.